The van der Waals surface area contributed by atoms with E-state index in [1.807, 2.05) is 0 Å². The van der Waals surface area contributed by atoms with Gasteiger partial charge in [0.25, 0.3) is 6.43 Å². The van der Waals surface area contributed by atoms with Crippen molar-refractivity contribution in [3.05, 3.63) is 16.9 Å². The summed E-state index contributed by atoms with van der Waals surface area (Å²) in [7, 11) is 1.51. The summed E-state index contributed by atoms with van der Waals surface area (Å²) < 4.78 is 31.0. The van der Waals surface area contributed by atoms with E-state index in [0.717, 1.165) is 0 Å². The van der Waals surface area contributed by atoms with Gasteiger partial charge in [0.1, 0.15) is 6.04 Å². The molecule has 0 aliphatic rings. The van der Waals surface area contributed by atoms with Crippen LogP contribution in [0.4, 0.5) is 8.78 Å². The van der Waals surface area contributed by atoms with Gasteiger partial charge in [-0.25, -0.2) is 8.78 Å². The van der Waals surface area contributed by atoms with E-state index in [-0.39, 0.29) is 10.7 Å². The number of aromatic nitrogens is 2. The molecule has 1 aromatic heterocycles. The first-order valence-electron chi connectivity index (χ1n) is 4.31. The Bertz CT molecular complexity index is 319. The molecule has 0 amide bonds. The van der Waals surface area contributed by atoms with Gasteiger partial charge in [0.2, 0.25) is 0 Å². The Kier molecular flexibility index (Phi) is 4.44. The van der Waals surface area contributed by atoms with Gasteiger partial charge < -0.3 is 10.5 Å². The monoisotopic (exact) mass is 239 g/mol. The van der Waals surface area contributed by atoms with E-state index >= 15 is 0 Å². The van der Waals surface area contributed by atoms with Crippen LogP contribution in [0.1, 0.15) is 11.7 Å². The minimum Gasteiger partial charge on any atom is -0.383 e. The predicted octanol–water partition coefficient (Wildman–Crippen LogP) is 1.45. The standard InChI is InChI=1S/C8H12ClF2N3O/c1-15-3-2-14-7(5(9)4-13-14)6(12)8(10)11/h4,6,8H,2-3,12H2,1H3. The molecular weight excluding hydrogens is 228 g/mol. The highest BCUT2D eigenvalue weighted by Gasteiger charge is 2.24. The van der Waals surface area contributed by atoms with Crippen LogP contribution < -0.4 is 5.73 Å². The van der Waals surface area contributed by atoms with Crippen LogP contribution in [0.3, 0.4) is 0 Å². The van der Waals surface area contributed by atoms with Crippen LogP contribution in [0.5, 0.6) is 0 Å². The molecule has 1 aromatic rings. The van der Waals surface area contributed by atoms with Gasteiger partial charge >= 0.3 is 0 Å². The fraction of sp³-hybridized carbons (Fsp3) is 0.625. The summed E-state index contributed by atoms with van der Waals surface area (Å²) in [5.41, 5.74) is 5.46. The highest BCUT2D eigenvalue weighted by Crippen LogP contribution is 2.25. The second-order valence-corrected chi connectivity index (χ2v) is 3.36. The molecule has 1 rings (SSSR count). The van der Waals surface area contributed by atoms with Crippen LogP contribution in [0.15, 0.2) is 6.20 Å². The van der Waals surface area contributed by atoms with Crippen LogP contribution in [0, 0.1) is 0 Å². The molecule has 4 nitrogen and oxygen atoms in total. The number of hydrogen-bond acceptors (Lipinski definition) is 3. The topological polar surface area (TPSA) is 53.1 Å². The van der Waals surface area contributed by atoms with Crippen LogP contribution >= 0.6 is 11.6 Å². The second kappa shape index (κ2) is 5.39. The number of alkyl halides is 2. The van der Waals surface area contributed by atoms with Crippen molar-refractivity contribution in [3.63, 3.8) is 0 Å². The van der Waals surface area contributed by atoms with Gasteiger partial charge in [-0.2, -0.15) is 5.10 Å². The van der Waals surface area contributed by atoms with Gasteiger partial charge in [0.15, 0.2) is 0 Å². The maximum atomic E-state index is 12.4. The Labute approximate surface area is 91.0 Å². The minimum atomic E-state index is -2.67. The van der Waals surface area contributed by atoms with Crippen molar-refractivity contribution in [2.45, 2.75) is 19.0 Å². The fourth-order valence-corrected chi connectivity index (χ4v) is 1.45. The molecule has 1 unspecified atom stereocenters. The van der Waals surface area contributed by atoms with E-state index in [1.54, 1.807) is 0 Å². The lowest BCUT2D eigenvalue weighted by atomic mass is 10.2. The number of ether oxygens (including phenoxy) is 1. The third kappa shape index (κ3) is 2.87. The normalized spacial score (nSPS) is 13.5. The van der Waals surface area contributed by atoms with Crippen molar-refractivity contribution < 1.29 is 13.5 Å². The molecule has 0 spiro atoms. The second-order valence-electron chi connectivity index (χ2n) is 2.95. The Balaban J connectivity index is 2.88. The van der Waals surface area contributed by atoms with Gasteiger partial charge in [-0.3, -0.25) is 4.68 Å². The summed E-state index contributed by atoms with van der Waals surface area (Å²) >= 11 is 5.73. The number of nitrogens with zero attached hydrogens (tertiary/aromatic N) is 2. The van der Waals surface area contributed by atoms with E-state index in [9.17, 15) is 8.78 Å². The first-order valence-corrected chi connectivity index (χ1v) is 4.69. The lowest BCUT2D eigenvalue weighted by molar-refractivity contribution is 0.110. The molecule has 0 aromatic carbocycles. The molecule has 0 fully saturated rings. The molecule has 0 aliphatic heterocycles. The van der Waals surface area contributed by atoms with Crippen LogP contribution in [0.25, 0.3) is 0 Å². The molecule has 1 atom stereocenters. The van der Waals surface area contributed by atoms with Crippen molar-refractivity contribution in [1.82, 2.24) is 9.78 Å². The number of hydrogen-bond donors (Lipinski definition) is 1. The van der Waals surface area contributed by atoms with E-state index in [1.165, 1.54) is 18.0 Å². The largest absolute Gasteiger partial charge is 0.383 e. The molecule has 86 valence electrons. The van der Waals surface area contributed by atoms with Gasteiger partial charge in [0, 0.05) is 7.11 Å². The minimum absolute atomic E-state index is 0.142. The Morgan fingerprint density at radius 3 is 2.87 bits per heavy atom. The smallest absolute Gasteiger partial charge is 0.259 e. The highest BCUT2D eigenvalue weighted by atomic mass is 35.5. The lowest BCUT2D eigenvalue weighted by Gasteiger charge is -2.13. The summed E-state index contributed by atoms with van der Waals surface area (Å²) in [5.74, 6) is 0. The highest BCUT2D eigenvalue weighted by molar-refractivity contribution is 6.31. The van der Waals surface area contributed by atoms with E-state index in [2.05, 4.69) is 5.10 Å². The van der Waals surface area contributed by atoms with E-state index in [0.29, 0.717) is 13.2 Å². The number of halogens is 3. The Hall–Kier alpha value is -0.720. The van der Waals surface area contributed by atoms with Crippen molar-refractivity contribution in [3.8, 4) is 0 Å². The van der Waals surface area contributed by atoms with Crippen molar-refractivity contribution >= 4 is 11.6 Å². The summed E-state index contributed by atoms with van der Waals surface area (Å²) in [4.78, 5) is 0. The van der Waals surface area contributed by atoms with Gasteiger partial charge in [-0.05, 0) is 0 Å². The molecule has 1 heterocycles. The van der Waals surface area contributed by atoms with Crippen LogP contribution in [0.2, 0.25) is 5.02 Å². The molecule has 0 bridgehead atoms. The zero-order valence-corrected chi connectivity index (χ0v) is 8.92. The first-order chi connectivity index (χ1) is 7.07. The maximum absolute atomic E-state index is 12.4. The summed E-state index contributed by atoms with van der Waals surface area (Å²) in [6.45, 7) is 0.708. The number of nitrogens with two attached hydrogens (primary N) is 1. The third-order valence-electron chi connectivity index (χ3n) is 1.93. The average molecular weight is 240 g/mol. The molecular formula is C8H12ClF2N3O. The van der Waals surface area contributed by atoms with Crippen molar-refractivity contribution in [2.24, 2.45) is 5.73 Å². The number of methoxy groups -OCH3 is 1. The quantitative estimate of drug-likeness (QED) is 0.846. The van der Waals surface area contributed by atoms with Crippen LogP contribution in [-0.2, 0) is 11.3 Å². The molecule has 0 saturated heterocycles. The number of rotatable bonds is 5. The van der Waals surface area contributed by atoms with E-state index < -0.39 is 12.5 Å². The molecule has 0 radical (unpaired) electrons. The van der Waals surface area contributed by atoms with E-state index in [4.69, 9.17) is 22.1 Å². The fourth-order valence-electron chi connectivity index (χ4n) is 1.18. The van der Waals surface area contributed by atoms with Gasteiger partial charge in [-0.1, -0.05) is 11.6 Å². The van der Waals surface area contributed by atoms with Crippen molar-refractivity contribution in [1.29, 1.82) is 0 Å². The summed E-state index contributed by atoms with van der Waals surface area (Å²) in [6, 6.07) is -1.42. The Morgan fingerprint density at radius 2 is 2.33 bits per heavy atom. The Morgan fingerprint density at radius 1 is 1.67 bits per heavy atom. The summed E-state index contributed by atoms with van der Waals surface area (Å²) in [5, 5.41) is 4.00. The van der Waals surface area contributed by atoms with Crippen LogP contribution in [-0.4, -0.2) is 29.9 Å². The zero-order valence-electron chi connectivity index (χ0n) is 8.16. The first kappa shape index (κ1) is 12.4. The summed E-state index contributed by atoms with van der Waals surface area (Å²) in [6.07, 6.45) is -1.37. The maximum Gasteiger partial charge on any atom is 0.259 e. The molecule has 15 heavy (non-hydrogen) atoms. The third-order valence-corrected chi connectivity index (χ3v) is 2.22. The molecule has 7 heteroatoms. The molecule has 0 saturated carbocycles. The lowest BCUT2D eigenvalue weighted by Crippen LogP contribution is -2.24. The molecule has 2 N–H and O–H groups in total. The average Bonchev–Trinajstić information content (AvgIpc) is 2.55. The van der Waals surface area contributed by atoms with Gasteiger partial charge in [0.05, 0.1) is 30.1 Å². The van der Waals surface area contributed by atoms with Crippen molar-refractivity contribution in [2.75, 3.05) is 13.7 Å². The predicted molar refractivity (Wildman–Crippen MR) is 52.0 cm³/mol. The van der Waals surface area contributed by atoms with Gasteiger partial charge in [-0.15, -0.1) is 0 Å². The SMILES string of the molecule is COCCn1ncc(Cl)c1C(N)C(F)F. The molecule has 0 aliphatic carbocycles. The zero-order chi connectivity index (χ0) is 11.4.